The smallest absolute Gasteiger partial charge is 0.274 e. The van der Waals surface area contributed by atoms with Crippen LogP contribution in [-0.2, 0) is 10.2 Å². The predicted octanol–water partition coefficient (Wildman–Crippen LogP) is 2.12. The van der Waals surface area contributed by atoms with Crippen LogP contribution in [-0.4, -0.2) is 33.0 Å². The zero-order valence-corrected chi connectivity index (χ0v) is 16.5. The number of hydrogen-bond donors (Lipinski definition) is 2. The fraction of sp³-hybridized carbons (Fsp3) is 0.474. The molecule has 2 heterocycles. The van der Waals surface area contributed by atoms with Crippen LogP contribution in [0.1, 0.15) is 36.0 Å². The first-order valence-corrected chi connectivity index (χ1v) is 10.7. The summed E-state index contributed by atoms with van der Waals surface area (Å²) in [6, 6.07) is 6.45. The highest BCUT2D eigenvalue weighted by Crippen LogP contribution is 2.33. The van der Waals surface area contributed by atoms with Crippen molar-refractivity contribution >= 4 is 26.8 Å². The number of nitrogens with one attached hydrogen (secondary N) is 1. The molecule has 1 fully saturated rings. The Balaban J connectivity index is 1.90. The highest BCUT2D eigenvalue weighted by molar-refractivity contribution is 7.87. The van der Waals surface area contributed by atoms with Crippen LogP contribution >= 0.6 is 0 Å². The molecule has 8 heteroatoms. The summed E-state index contributed by atoms with van der Waals surface area (Å²) in [4.78, 5) is 6.71. The summed E-state index contributed by atoms with van der Waals surface area (Å²) < 4.78 is 24.7. The second kappa shape index (κ2) is 7.80. The third-order valence-electron chi connectivity index (χ3n) is 5.31. The van der Waals surface area contributed by atoms with Crippen molar-refractivity contribution in [2.75, 3.05) is 24.5 Å². The zero-order chi connectivity index (χ0) is 19.6. The molecule has 1 saturated heterocycles. The Kier molecular flexibility index (Phi) is 5.65. The van der Waals surface area contributed by atoms with Crippen molar-refractivity contribution in [3.63, 3.8) is 0 Å². The van der Waals surface area contributed by atoms with Gasteiger partial charge < -0.3 is 4.90 Å². The number of nitrogens with two attached hydrogens (primary N) is 1. The second-order valence-corrected chi connectivity index (χ2v) is 8.64. The van der Waals surface area contributed by atoms with Crippen LogP contribution in [0.15, 0.2) is 18.3 Å². The van der Waals surface area contributed by atoms with Crippen molar-refractivity contribution in [3.8, 4) is 6.07 Å². The number of pyridine rings is 1. The molecule has 144 valence electrons. The number of nitriles is 1. The minimum Gasteiger partial charge on any atom is -0.370 e. The van der Waals surface area contributed by atoms with Gasteiger partial charge in [0.25, 0.3) is 10.2 Å². The van der Waals surface area contributed by atoms with Crippen LogP contribution in [0.4, 0.5) is 5.69 Å². The third kappa shape index (κ3) is 4.56. The second-order valence-electron chi connectivity index (χ2n) is 7.26. The zero-order valence-electron chi connectivity index (χ0n) is 15.7. The lowest BCUT2D eigenvalue weighted by Gasteiger charge is -2.26. The number of hydrogen-bond acceptors (Lipinski definition) is 5. The van der Waals surface area contributed by atoms with Gasteiger partial charge in [0.1, 0.15) is 6.07 Å². The van der Waals surface area contributed by atoms with Crippen molar-refractivity contribution in [2.45, 2.75) is 33.1 Å². The van der Waals surface area contributed by atoms with Crippen molar-refractivity contribution in [1.82, 2.24) is 9.71 Å². The summed E-state index contributed by atoms with van der Waals surface area (Å²) >= 11 is 0. The molecule has 0 radical (unpaired) electrons. The first-order chi connectivity index (χ1) is 12.8. The maximum Gasteiger partial charge on any atom is 0.274 e. The fourth-order valence-electron chi connectivity index (χ4n) is 3.69. The number of benzene rings is 1. The number of fused-ring (bicyclic) bond motifs is 1. The summed E-state index contributed by atoms with van der Waals surface area (Å²) in [5, 5.41) is 15.7. The Bertz CT molecular complexity index is 997. The van der Waals surface area contributed by atoms with E-state index in [2.05, 4.69) is 46.7 Å². The van der Waals surface area contributed by atoms with Crippen LogP contribution < -0.4 is 14.8 Å². The molecule has 0 bridgehead atoms. The summed E-state index contributed by atoms with van der Waals surface area (Å²) in [6.45, 7) is 6.07. The Hall–Kier alpha value is -2.21. The van der Waals surface area contributed by atoms with Gasteiger partial charge in [0.2, 0.25) is 0 Å². The van der Waals surface area contributed by atoms with Gasteiger partial charge in [0, 0.05) is 31.2 Å². The molecule has 0 aliphatic carbocycles. The summed E-state index contributed by atoms with van der Waals surface area (Å²) in [7, 11) is -3.66. The molecule has 1 aromatic carbocycles. The van der Waals surface area contributed by atoms with Crippen LogP contribution in [0.2, 0.25) is 0 Å². The number of nitrogens with zero attached hydrogens (tertiary/aromatic N) is 3. The van der Waals surface area contributed by atoms with Crippen LogP contribution in [0, 0.1) is 31.1 Å². The van der Waals surface area contributed by atoms with E-state index in [1.54, 1.807) is 6.20 Å². The largest absolute Gasteiger partial charge is 0.370 e. The van der Waals surface area contributed by atoms with E-state index in [1.165, 1.54) is 11.1 Å². The average Bonchev–Trinajstić information content (AvgIpc) is 2.85. The Morgan fingerprint density at radius 2 is 2.04 bits per heavy atom. The molecule has 7 nitrogen and oxygen atoms in total. The molecule has 0 amide bonds. The first-order valence-electron chi connectivity index (χ1n) is 9.11. The molecule has 1 aliphatic heterocycles. The monoisotopic (exact) mass is 387 g/mol. The maximum absolute atomic E-state index is 11.1. The average molecular weight is 388 g/mol. The van der Waals surface area contributed by atoms with Gasteiger partial charge >= 0.3 is 0 Å². The van der Waals surface area contributed by atoms with Gasteiger partial charge in [-0.2, -0.15) is 13.7 Å². The minimum atomic E-state index is -3.66. The summed E-state index contributed by atoms with van der Waals surface area (Å²) in [5.74, 6) is 0.232. The van der Waals surface area contributed by atoms with Gasteiger partial charge in [-0.1, -0.05) is 0 Å². The lowest BCUT2D eigenvalue weighted by atomic mass is 10.0. The van der Waals surface area contributed by atoms with Crippen LogP contribution in [0.25, 0.3) is 10.9 Å². The van der Waals surface area contributed by atoms with E-state index in [0.29, 0.717) is 12.1 Å². The first kappa shape index (κ1) is 19.5. The van der Waals surface area contributed by atoms with Gasteiger partial charge in [-0.05, 0) is 62.3 Å². The van der Waals surface area contributed by atoms with Gasteiger partial charge in [0.05, 0.1) is 16.8 Å². The Labute approximate surface area is 160 Å². The van der Waals surface area contributed by atoms with Crippen molar-refractivity contribution < 1.29 is 8.42 Å². The minimum absolute atomic E-state index is 0.232. The molecule has 1 unspecified atom stereocenters. The van der Waals surface area contributed by atoms with E-state index in [0.717, 1.165) is 48.9 Å². The number of anilines is 1. The maximum atomic E-state index is 11.1. The molecule has 2 aromatic rings. The molecular formula is C19H25N5O2S. The summed E-state index contributed by atoms with van der Waals surface area (Å²) in [5.41, 5.74) is 4.75. The number of rotatable bonds is 4. The Morgan fingerprint density at radius 1 is 1.30 bits per heavy atom. The molecule has 0 saturated carbocycles. The van der Waals surface area contributed by atoms with E-state index in [9.17, 15) is 13.7 Å². The summed E-state index contributed by atoms with van der Waals surface area (Å²) in [6.07, 6.45) is 4.33. The van der Waals surface area contributed by atoms with Gasteiger partial charge in [-0.15, -0.1) is 0 Å². The van der Waals surface area contributed by atoms with Crippen molar-refractivity contribution in [3.05, 3.63) is 35.0 Å². The predicted molar refractivity (Wildman–Crippen MR) is 107 cm³/mol. The topological polar surface area (TPSA) is 112 Å². The molecule has 3 N–H and O–H groups in total. The van der Waals surface area contributed by atoms with Crippen LogP contribution in [0.3, 0.4) is 0 Å². The molecule has 0 spiro atoms. The van der Waals surface area contributed by atoms with E-state index >= 15 is 0 Å². The van der Waals surface area contributed by atoms with Gasteiger partial charge in [-0.25, -0.2) is 9.86 Å². The van der Waals surface area contributed by atoms with Crippen LogP contribution in [0.5, 0.6) is 0 Å². The van der Waals surface area contributed by atoms with Gasteiger partial charge in [-0.3, -0.25) is 4.98 Å². The third-order valence-corrected chi connectivity index (χ3v) is 5.88. The lowest BCUT2D eigenvalue weighted by molar-refractivity contribution is 0.463. The highest BCUT2D eigenvalue weighted by atomic mass is 32.2. The van der Waals surface area contributed by atoms with Crippen molar-refractivity contribution in [2.24, 2.45) is 11.1 Å². The van der Waals surface area contributed by atoms with E-state index in [4.69, 9.17) is 5.14 Å². The fourth-order valence-corrected chi connectivity index (χ4v) is 4.16. The molecule has 27 heavy (non-hydrogen) atoms. The quantitative estimate of drug-likeness (QED) is 0.834. The van der Waals surface area contributed by atoms with Crippen molar-refractivity contribution in [1.29, 1.82) is 5.26 Å². The van der Waals surface area contributed by atoms with E-state index < -0.39 is 10.2 Å². The molecule has 1 atom stereocenters. The lowest BCUT2D eigenvalue weighted by Crippen LogP contribution is -2.35. The molecule has 1 aliphatic rings. The Morgan fingerprint density at radius 3 is 2.74 bits per heavy atom. The standard InChI is InChI=1S/C19H25N5O2S/c1-13-8-17-18(9-14(13)2)22-12-16(10-20)19(17)24-6-3-4-15(5-7-24)11-23-27(21,25)26/h8-9,12,15,23H,3-7,11H2,1-2H3,(H2,21,25,26). The number of aromatic nitrogens is 1. The molecular weight excluding hydrogens is 362 g/mol. The van der Waals surface area contributed by atoms with E-state index in [-0.39, 0.29) is 5.92 Å². The SMILES string of the molecule is Cc1cc2ncc(C#N)c(N3CCCC(CNS(N)(=O)=O)CC3)c2cc1C. The normalized spacial score (nSPS) is 18.3. The molecule has 1 aromatic heterocycles. The van der Waals surface area contributed by atoms with Gasteiger partial charge in [0.15, 0.2) is 0 Å². The molecule has 3 rings (SSSR count). The van der Waals surface area contributed by atoms with E-state index in [1.807, 2.05) is 0 Å². The highest BCUT2D eigenvalue weighted by Gasteiger charge is 2.22. The number of aryl methyl sites for hydroxylation is 2.